The zero-order valence-corrected chi connectivity index (χ0v) is 9.38. The van der Waals surface area contributed by atoms with Crippen molar-refractivity contribution in [3.63, 3.8) is 0 Å². The van der Waals surface area contributed by atoms with E-state index >= 15 is 0 Å². The quantitative estimate of drug-likeness (QED) is 0.714. The van der Waals surface area contributed by atoms with Gasteiger partial charge in [0.1, 0.15) is 0 Å². The fourth-order valence-electron chi connectivity index (χ4n) is 1.33. The molecule has 0 unspecified atom stereocenters. The summed E-state index contributed by atoms with van der Waals surface area (Å²) in [6, 6.07) is 8.51. The largest absolute Gasteiger partial charge is 0.311 e. The molecule has 0 atom stereocenters. The molecule has 1 aromatic carbocycles. The highest BCUT2D eigenvalue weighted by atomic mass is 15.1. The summed E-state index contributed by atoms with van der Waals surface area (Å²) in [5, 5.41) is 3.43. The molecule has 0 aromatic heterocycles. The molecule has 0 spiro atoms. The van der Waals surface area contributed by atoms with Gasteiger partial charge in [0, 0.05) is 19.6 Å². The van der Waals surface area contributed by atoms with Gasteiger partial charge in [-0.15, -0.1) is 0 Å². The molecular weight excluding hydrogens is 172 g/mol. The number of benzene rings is 1. The normalized spacial score (nSPS) is 10.9. The third-order valence-electron chi connectivity index (χ3n) is 2.31. The molecule has 0 saturated heterocycles. The van der Waals surface area contributed by atoms with Gasteiger partial charge in [-0.1, -0.05) is 24.3 Å². The van der Waals surface area contributed by atoms with Crippen molar-refractivity contribution in [1.29, 1.82) is 0 Å². The van der Waals surface area contributed by atoms with Crippen LogP contribution in [0.3, 0.4) is 0 Å². The van der Waals surface area contributed by atoms with Crippen LogP contribution in [0.25, 0.3) is 0 Å². The predicted octanol–water partition coefficient (Wildman–Crippen LogP) is 1.65. The Bertz CT molecular complexity index is 269. The maximum Gasteiger partial charge on any atom is 0.0208 e. The van der Waals surface area contributed by atoms with E-state index in [-0.39, 0.29) is 0 Å². The summed E-state index contributed by atoms with van der Waals surface area (Å²) >= 11 is 0. The van der Waals surface area contributed by atoms with Crippen molar-refractivity contribution >= 4 is 0 Å². The number of aryl methyl sites for hydroxylation is 1. The molecule has 14 heavy (non-hydrogen) atoms. The summed E-state index contributed by atoms with van der Waals surface area (Å²) in [6.07, 6.45) is 0. The first kappa shape index (κ1) is 11.2. The predicted molar refractivity (Wildman–Crippen MR) is 61.4 cm³/mol. The van der Waals surface area contributed by atoms with Crippen LogP contribution in [-0.2, 0) is 6.54 Å². The minimum atomic E-state index is 0.973. The number of hydrogen-bond donors (Lipinski definition) is 1. The lowest BCUT2D eigenvalue weighted by Gasteiger charge is -2.11. The second kappa shape index (κ2) is 5.78. The highest BCUT2D eigenvalue weighted by Crippen LogP contribution is 2.05. The molecule has 2 nitrogen and oxygen atoms in total. The van der Waals surface area contributed by atoms with Gasteiger partial charge in [-0.25, -0.2) is 0 Å². The zero-order chi connectivity index (χ0) is 10.4. The van der Waals surface area contributed by atoms with Gasteiger partial charge in [-0.3, -0.25) is 0 Å². The van der Waals surface area contributed by atoms with Gasteiger partial charge in [0.05, 0.1) is 0 Å². The lowest BCUT2D eigenvalue weighted by Crippen LogP contribution is -2.26. The molecule has 1 N–H and O–H groups in total. The van der Waals surface area contributed by atoms with E-state index in [2.05, 4.69) is 55.5 Å². The lowest BCUT2D eigenvalue weighted by atomic mass is 10.1. The van der Waals surface area contributed by atoms with E-state index < -0.39 is 0 Å². The Morgan fingerprint density at radius 2 is 1.93 bits per heavy atom. The van der Waals surface area contributed by atoms with Crippen LogP contribution in [-0.4, -0.2) is 32.1 Å². The summed E-state index contributed by atoms with van der Waals surface area (Å²) in [7, 11) is 4.19. The Hall–Kier alpha value is -0.860. The molecule has 2 heteroatoms. The average Bonchev–Trinajstić information content (AvgIpc) is 2.15. The Balaban J connectivity index is 2.28. The van der Waals surface area contributed by atoms with Crippen molar-refractivity contribution in [2.75, 3.05) is 27.2 Å². The summed E-state index contributed by atoms with van der Waals surface area (Å²) in [5.74, 6) is 0. The molecule has 0 radical (unpaired) electrons. The smallest absolute Gasteiger partial charge is 0.0208 e. The van der Waals surface area contributed by atoms with Crippen LogP contribution in [0.4, 0.5) is 0 Å². The van der Waals surface area contributed by atoms with E-state index in [4.69, 9.17) is 0 Å². The van der Waals surface area contributed by atoms with Crippen LogP contribution in [0.15, 0.2) is 24.3 Å². The molecule has 0 aliphatic rings. The van der Waals surface area contributed by atoms with E-state index in [1.165, 1.54) is 11.1 Å². The molecule has 0 aliphatic carbocycles. The highest BCUT2D eigenvalue weighted by Gasteiger charge is 1.95. The molecular formula is C12H20N2. The van der Waals surface area contributed by atoms with Crippen molar-refractivity contribution in [2.45, 2.75) is 13.5 Å². The van der Waals surface area contributed by atoms with Crippen LogP contribution < -0.4 is 5.32 Å². The zero-order valence-electron chi connectivity index (χ0n) is 9.38. The van der Waals surface area contributed by atoms with Crippen molar-refractivity contribution in [2.24, 2.45) is 0 Å². The Morgan fingerprint density at radius 1 is 1.21 bits per heavy atom. The van der Waals surface area contributed by atoms with Crippen LogP contribution >= 0.6 is 0 Å². The number of nitrogens with zero attached hydrogens (tertiary/aromatic N) is 1. The van der Waals surface area contributed by atoms with Crippen molar-refractivity contribution in [3.05, 3.63) is 35.4 Å². The van der Waals surface area contributed by atoms with Gasteiger partial charge < -0.3 is 10.2 Å². The Kier molecular flexibility index (Phi) is 4.63. The van der Waals surface area contributed by atoms with E-state index in [1.54, 1.807) is 0 Å². The minimum Gasteiger partial charge on any atom is -0.311 e. The van der Waals surface area contributed by atoms with Crippen LogP contribution in [0.2, 0.25) is 0 Å². The van der Waals surface area contributed by atoms with E-state index in [0.29, 0.717) is 0 Å². The number of nitrogens with one attached hydrogen (secondary N) is 1. The maximum atomic E-state index is 3.43. The molecule has 1 rings (SSSR count). The fourth-order valence-corrected chi connectivity index (χ4v) is 1.33. The van der Waals surface area contributed by atoms with Gasteiger partial charge in [-0.05, 0) is 32.1 Å². The average molecular weight is 192 g/mol. The van der Waals surface area contributed by atoms with Gasteiger partial charge >= 0.3 is 0 Å². The van der Waals surface area contributed by atoms with Crippen molar-refractivity contribution in [1.82, 2.24) is 10.2 Å². The molecule has 0 heterocycles. The molecule has 1 aromatic rings. The molecule has 0 bridgehead atoms. The summed E-state index contributed by atoms with van der Waals surface area (Å²) in [6.45, 7) is 5.26. The summed E-state index contributed by atoms with van der Waals surface area (Å²) in [4.78, 5) is 2.19. The number of likely N-dealkylation sites (N-methyl/N-ethyl adjacent to an activating group) is 1. The SMILES string of the molecule is Cc1ccccc1CNCCN(C)C. The van der Waals surface area contributed by atoms with Crippen molar-refractivity contribution in [3.8, 4) is 0 Å². The van der Waals surface area contributed by atoms with Gasteiger partial charge in [-0.2, -0.15) is 0 Å². The monoisotopic (exact) mass is 192 g/mol. The second-order valence-corrected chi connectivity index (χ2v) is 3.91. The van der Waals surface area contributed by atoms with Crippen LogP contribution in [0, 0.1) is 6.92 Å². The number of rotatable bonds is 5. The third kappa shape index (κ3) is 3.90. The molecule has 0 saturated carbocycles. The maximum absolute atomic E-state index is 3.43. The Morgan fingerprint density at radius 3 is 2.57 bits per heavy atom. The van der Waals surface area contributed by atoms with E-state index in [1.807, 2.05) is 0 Å². The topological polar surface area (TPSA) is 15.3 Å². The molecule has 0 fully saturated rings. The summed E-state index contributed by atoms with van der Waals surface area (Å²) in [5.41, 5.74) is 2.76. The first-order valence-corrected chi connectivity index (χ1v) is 5.10. The van der Waals surface area contributed by atoms with E-state index in [0.717, 1.165) is 19.6 Å². The first-order valence-electron chi connectivity index (χ1n) is 5.10. The van der Waals surface area contributed by atoms with Gasteiger partial charge in [0.25, 0.3) is 0 Å². The van der Waals surface area contributed by atoms with Crippen molar-refractivity contribution < 1.29 is 0 Å². The molecule has 78 valence electrons. The summed E-state index contributed by atoms with van der Waals surface area (Å²) < 4.78 is 0. The third-order valence-corrected chi connectivity index (χ3v) is 2.31. The van der Waals surface area contributed by atoms with Gasteiger partial charge in [0.15, 0.2) is 0 Å². The minimum absolute atomic E-state index is 0.973. The van der Waals surface area contributed by atoms with Crippen LogP contribution in [0.1, 0.15) is 11.1 Å². The standard InChI is InChI=1S/C12H20N2/c1-11-6-4-5-7-12(11)10-13-8-9-14(2)3/h4-7,13H,8-10H2,1-3H3. The lowest BCUT2D eigenvalue weighted by molar-refractivity contribution is 0.400. The molecule has 0 aliphatic heterocycles. The second-order valence-electron chi connectivity index (χ2n) is 3.91. The highest BCUT2D eigenvalue weighted by molar-refractivity contribution is 5.25. The molecule has 0 amide bonds. The van der Waals surface area contributed by atoms with Gasteiger partial charge in [0.2, 0.25) is 0 Å². The van der Waals surface area contributed by atoms with Crippen LogP contribution in [0.5, 0.6) is 0 Å². The number of hydrogen-bond acceptors (Lipinski definition) is 2. The Labute approximate surface area is 86.9 Å². The van der Waals surface area contributed by atoms with E-state index in [9.17, 15) is 0 Å². The first-order chi connectivity index (χ1) is 6.70. The fraction of sp³-hybridized carbons (Fsp3) is 0.500.